The van der Waals surface area contributed by atoms with Crippen LogP contribution in [0.1, 0.15) is 40.1 Å². The Bertz CT molecular complexity index is 1180. The number of methoxy groups -OCH3 is 1. The number of amides is 3. The van der Waals surface area contributed by atoms with Crippen LogP contribution in [0.25, 0.3) is 0 Å². The number of nitrogens with one attached hydrogen (secondary N) is 1. The summed E-state index contributed by atoms with van der Waals surface area (Å²) in [5.74, 6) is -2.85. The number of carbonyl (C=O) groups is 4. The summed E-state index contributed by atoms with van der Waals surface area (Å²) in [5, 5.41) is 13.6. The van der Waals surface area contributed by atoms with Gasteiger partial charge in [0.25, 0.3) is 23.4 Å². The van der Waals surface area contributed by atoms with Crippen LogP contribution in [0.3, 0.4) is 0 Å². The van der Waals surface area contributed by atoms with Gasteiger partial charge >= 0.3 is 5.97 Å². The number of nitro groups is 1. The van der Waals surface area contributed by atoms with Gasteiger partial charge in [-0.3, -0.25) is 29.4 Å². The van der Waals surface area contributed by atoms with Crippen LogP contribution in [0.4, 0.5) is 11.4 Å². The Morgan fingerprint density at radius 2 is 1.73 bits per heavy atom. The summed E-state index contributed by atoms with van der Waals surface area (Å²) >= 11 is 0. The molecule has 11 heteroatoms. The topological polar surface area (TPSA) is 145 Å². The fourth-order valence-corrected chi connectivity index (χ4v) is 3.29. The molecule has 3 amide bonds. The predicted octanol–water partition coefficient (Wildman–Crippen LogP) is 2.47. The molecule has 11 nitrogen and oxygen atoms in total. The number of ether oxygens (including phenoxy) is 2. The zero-order valence-corrected chi connectivity index (χ0v) is 18.3. The summed E-state index contributed by atoms with van der Waals surface area (Å²) in [6.45, 7) is 4.35. The van der Waals surface area contributed by atoms with Gasteiger partial charge in [0, 0.05) is 0 Å². The van der Waals surface area contributed by atoms with E-state index in [0.717, 1.165) is 16.5 Å². The van der Waals surface area contributed by atoms with Crippen molar-refractivity contribution in [3.05, 3.63) is 63.2 Å². The molecule has 1 N–H and O–H groups in total. The summed E-state index contributed by atoms with van der Waals surface area (Å²) in [4.78, 5) is 61.7. The molecule has 0 saturated carbocycles. The normalized spacial score (nSPS) is 14.4. The highest BCUT2D eigenvalue weighted by Gasteiger charge is 2.42. The van der Waals surface area contributed by atoms with Crippen molar-refractivity contribution in [2.24, 2.45) is 0 Å². The van der Waals surface area contributed by atoms with E-state index >= 15 is 0 Å². The van der Waals surface area contributed by atoms with Crippen molar-refractivity contribution in [2.75, 3.05) is 12.4 Å². The number of benzene rings is 2. The molecule has 3 rings (SSSR count). The summed E-state index contributed by atoms with van der Waals surface area (Å²) in [6, 6.07) is 7.31. The lowest BCUT2D eigenvalue weighted by Crippen LogP contribution is -2.45. The van der Waals surface area contributed by atoms with E-state index in [2.05, 4.69) is 5.32 Å². The molecule has 2 unspecified atom stereocenters. The molecule has 172 valence electrons. The number of carbonyl (C=O) groups excluding carboxylic acids is 4. The minimum absolute atomic E-state index is 0.113. The van der Waals surface area contributed by atoms with Crippen LogP contribution in [0.5, 0.6) is 5.75 Å². The highest BCUT2D eigenvalue weighted by molar-refractivity contribution is 6.22. The van der Waals surface area contributed by atoms with Crippen molar-refractivity contribution in [1.82, 2.24) is 4.90 Å². The number of aryl methyl sites for hydroxylation is 1. The molecule has 33 heavy (non-hydrogen) atoms. The first-order chi connectivity index (χ1) is 15.5. The fraction of sp³-hybridized carbons (Fsp3) is 0.273. The van der Waals surface area contributed by atoms with Crippen LogP contribution >= 0.6 is 0 Å². The Hall–Kier alpha value is -4.28. The number of hydrogen-bond donors (Lipinski definition) is 1. The molecule has 1 heterocycles. The van der Waals surface area contributed by atoms with E-state index in [4.69, 9.17) is 9.47 Å². The number of esters is 1. The molecule has 2 atom stereocenters. The number of anilines is 1. The standard InChI is InChI=1S/C22H21N3O8/c1-11-5-7-15-16(9-11)21(28)24(20(15)27)12(2)22(29)33-13(3)19(26)23-17-8-6-14(32-4)10-18(17)25(30)31/h5-10,12-13H,1-4H3,(H,23,26). The van der Waals surface area contributed by atoms with E-state index < -0.39 is 46.4 Å². The molecule has 0 aromatic heterocycles. The second kappa shape index (κ2) is 9.07. The molecular formula is C22H21N3O8. The Balaban J connectivity index is 1.69. The molecule has 0 saturated heterocycles. The van der Waals surface area contributed by atoms with Crippen LogP contribution in [-0.4, -0.2) is 52.8 Å². The molecule has 0 aliphatic carbocycles. The lowest BCUT2D eigenvalue weighted by atomic mass is 10.1. The Morgan fingerprint density at radius 3 is 2.36 bits per heavy atom. The first-order valence-corrected chi connectivity index (χ1v) is 9.87. The van der Waals surface area contributed by atoms with Gasteiger partial charge in [0.05, 0.1) is 29.2 Å². The summed E-state index contributed by atoms with van der Waals surface area (Å²) in [5.41, 5.74) is 0.637. The molecule has 1 aliphatic heterocycles. The third-order valence-corrected chi connectivity index (χ3v) is 5.12. The van der Waals surface area contributed by atoms with Gasteiger partial charge in [-0.2, -0.15) is 0 Å². The van der Waals surface area contributed by atoms with Gasteiger partial charge in [-0.15, -0.1) is 0 Å². The van der Waals surface area contributed by atoms with Crippen LogP contribution in [-0.2, 0) is 14.3 Å². The molecular weight excluding hydrogens is 434 g/mol. The number of nitrogens with zero attached hydrogens (tertiary/aromatic N) is 2. The zero-order chi connectivity index (χ0) is 24.4. The minimum Gasteiger partial charge on any atom is -0.496 e. The Kier molecular flexibility index (Phi) is 6.43. The quantitative estimate of drug-likeness (QED) is 0.290. The van der Waals surface area contributed by atoms with Gasteiger partial charge in [-0.1, -0.05) is 11.6 Å². The largest absolute Gasteiger partial charge is 0.496 e. The fourth-order valence-electron chi connectivity index (χ4n) is 3.29. The number of rotatable bonds is 7. The average Bonchev–Trinajstić information content (AvgIpc) is 3.02. The van der Waals surface area contributed by atoms with E-state index in [1.165, 1.54) is 39.2 Å². The Morgan fingerprint density at radius 1 is 1.06 bits per heavy atom. The van der Waals surface area contributed by atoms with Crippen LogP contribution in [0, 0.1) is 17.0 Å². The van der Waals surface area contributed by atoms with Gasteiger partial charge in [0.2, 0.25) is 0 Å². The first kappa shape index (κ1) is 23.4. The van der Waals surface area contributed by atoms with Crippen molar-refractivity contribution in [3.8, 4) is 5.75 Å². The van der Waals surface area contributed by atoms with E-state index in [1.54, 1.807) is 19.1 Å². The predicted molar refractivity (Wildman–Crippen MR) is 115 cm³/mol. The molecule has 0 spiro atoms. The lowest BCUT2D eigenvalue weighted by molar-refractivity contribution is -0.384. The van der Waals surface area contributed by atoms with E-state index in [1.807, 2.05) is 0 Å². The SMILES string of the molecule is COc1ccc(NC(=O)C(C)OC(=O)C(C)N2C(=O)c3ccc(C)cc3C2=O)c([N+](=O)[O-])c1. The average molecular weight is 455 g/mol. The van der Waals surface area contributed by atoms with Crippen molar-refractivity contribution in [2.45, 2.75) is 32.9 Å². The van der Waals surface area contributed by atoms with Gasteiger partial charge in [0.1, 0.15) is 17.5 Å². The smallest absolute Gasteiger partial charge is 0.329 e. The number of fused-ring (bicyclic) bond motifs is 1. The minimum atomic E-state index is -1.36. The monoisotopic (exact) mass is 455 g/mol. The second-order valence-electron chi connectivity index (χ2n) is 7.41. The molecule has 2 aromatic carbocycles. The van der Waals surface area contributed by atoms with E-state index in [0.29, 0.717) is 0 Å². The highest BCUT2D eigenvalue weighted by Crippen LogP contribution is 2.29. The van der Waals surface area contributed by atoms with Gasteiger partial charge in [0.15, 0.2) is 6.10 Å². The summed E-state index contributed by atoms with van der Waals surface area (Å²) < 4.78 is 10.1. The summed E-state index contributed by atoms with van der Waals surface area (Å²) in [7, 11) is 1.34. The highest BCUT2D eigenvalue weighted by atomic mass is 16.6. The van der Waals surface area contributed by atoms with Gasteiger partial charge in [-0.25, -0.2) is 4.79 Å². The van der Waals surface area contributed by atoms with Crippen LogP contribution < -0.4 is 10.1 Å². The molecule has 0 fully saturated rings. The zero-order valence-electron chi connectivity index (χ0n) is 18.3. The molecule has 2 aromatic rings. The van der Waals surface area contributed by atoms with E-state index in [-0.39, 0.29) is 22.6 Å². The maximum absolute atomic E-state index is 12.7. The number of hydrogen-bond acceptors (Lipinski definition) is 8. The molecule has 0 bridgehead atoms. The molecule has 1 aliphatic rings. The van der Waals surface area contributed by atoms with Gasteiger partial charge in [-0.05, 0) is 45.0 Å². The maximum Gasteiger partial charge on any atom is 0.329 e. The van der Waals surface area contributed by atoms with Gasteiger partial charge < -0.3 is 14.8 Å². The van der Waals surface area contributed by atoms with Crippen molar-refractivity contribution < 1.29 is 33.6 Å². The van der Waals surface area contributed by atoms with Crippen molar-refractivity contribution in [1.29, 1.82) is 0 Å². The molecule has 0 radical (unpaired) electrons. The number of imide groups is 1. The third-order valence-electron chi connectivity index (χ3n) is 5.12. The van der Waals surface area contributed by atoms with Crippen LogP contribution in [0.2, 0.25) is 0 Å². The first-order valence-electron chi connectivity index (χ1n) is 9.87. The van der Waals surface area contributed by atoms with E-state index in [9.17, 15) is 29.3 Å². The summed E-state index contributed by atoms with van der Waals surface area (Å²) in [6.07, 6.45) is -1.36. The lowest BCUT2D eigenvalue weighted by Gasteiger charge is -2.22. The maximum atomic E-state index is 12.7. The van der Waals surface area contributed by atoms with Crippen molar-refractivity contribution >= 4 is 35.1 Å². The second-order valence-corrected chi connectivity index (χ2v) is 7.41. The number of nitro benzene ring substituents is 1. The van der Waals surface area contributed by atoms with Crippen LogP contribution in [0.15, 0.2) is 36.4 Å². The Labute approximate surface area is 188 Å². The third kappa shape index (κ3) is 4.52. The van der Waals surface area contributed by atoms with Crippen molar-refractivity contribution in [3.63, 3.8) is 0 Å².